The van der Waals surface area contributed by atoms with Crippen molar-refractivity contribution in [1.29, 1.82) is 0 Å². The molecular weight excluding hydrogens is 394 g/mol. The lowest BCUT2D eigenvalue weighted by Crippen LogP contribution is -2.56. The summed E-state index contributed by atoms with van der Waals surface area (Å²) in [6, 6.07) is 8.25. The van der Waals surface area contributed by atoms with Gasteiger partial charge in [0.2, 0.25) is 11.1 Å². The number of hydrogen-bond acceptors (Lipinski definition) is 5. The number of rotatable bonds is 6. The number of benzene rings is 1. The first-order valence-electron chi connectivity index (χ1n) is 11.1. The number of aromatic nitrogens is 3. The lowest BCUT2D eigenvalue weighted by atomic mass is 9.48. The third kappa shape index (κ3) is 3.61. The minimum absolute atomic E-state index is 0.0585. The van der Waals surface area contributed by atoms with Gasteiger partial charge >= 0.3 is 0 Å². The lowest BCUT2D eigenvalue weighted by Gasteiger charge is -2.59. The number of amides is 1. The van der Waals surface area contributed by atoms with Crippen LogP contribution in [0.2, 0.25) is 0 Å². The second-order valence-corrected chi connectivity index (χ2v) is 10.8. The molecule has 1 atom stereocenters. The van der Waals surface area contributed by atoms with Crippen LogP contribution in [0, 0.1) is 30.1 Å². The Morgan fingerprint density at radius 3 is 2.37 bits per heavy atom. The van der Waals surface area contributed by atoms with Gasteiger partial charge in [-0.25, -0.2) is 4.68 Å². The molecule has 4 aliphatic carbocycles. The lowest BCUT2D eigenvalue weighted by molar-refractivity contribution is -0.123. The van der Waals surface area contributed by atoms with Gasteiger partial charge in [0, 0.05) is 11.6 Å². The van der Waals surface area contributed by atoms with Gasteiger partial charge in [0.15, 0.2) is 5.82 Å². The maximum absolute atomic E-state index is 12.7. The monoisotopic (exact) mass is 425 g/mol. The number of nitrogens with zero attached hydrogens (tertiary/aromatic N) is 3. The van der Waals surface area contributed by atoms with E-state index in [0.717, 1.165) is 23.3 Å². The molecule has 1 heterocycles. The van der Waals surface area contributed by atoms with E-state index in [1.54, 1.807) is 0 Å². The molecule has 7 heteroatoms. The van der Waals surface area contributed by atoms with E-state index in [9.17, 15) is 4.79 Å². The van der Waals surface area contributed by atoms with Crippen molar-refractivity contribution in [3.8, 4) is 11.4 Å². The van der Waals surface area contributed by atoms with Crippen molar-refractivity contribution in [2.75, 3.05) is 11.6 Å². The van der Waals surface area contributed by atoms with Crippen molar-refractivity contribution in [1.82, 2.24) is 20.2 Å². The molecule has 0 unspecified atom stereocenters. The van der Waals surface area contributed by atoms with Crippen molar-refractivity contribution < 1.29 is 4.79 Å². The SMILES string of the molecule is Cc1ccc(-c2nnc(SCC(=O)N[C@@H](C)C34CC5CC(CC(C5)C3)C4)n2N)cc1. The summed E-state index contributed by atoms with van der Waals surface area (Å²) in [5.41, 5.74) is 2.42. The molecule has 4 bridgehead atoms. The van der Waals surface area contributed by atoms with Crippen LogP contribution in [0.3, 0.4) is 0 Å². The molecule has 3 N–H and O–H groups in total. The Balaban J connectivity index is 1.19. The van der Waals surface area contributed by atoms with Crippen LogP contribution in [-0.2, 0) is 4.79 Å². The molecule has 4 aliphatic rings. The number of carbonyl (C=O) groups is 1. The second-order valence-electron chi connectivity index (χ2n) is 9.90. The molecule has 0 radical (unpaired) electrons. The van der Waals surface area contributed by atoms with Gasteiger partial charge in [-0.3, -0.25) is 4.79 Å². The van der Waals surface area contributed by atoms with Gasteiger partial charge in [0.05, 0.1) is 5.75 Å². The smallest absolute Gasteiger partial charge is 0.230 e. The first-order valence-corrected chi connectivity index (χ1v) is 12.1. The van der Waals surface area contributed by atoms with Gasteiger partial charge in [-0.2, -0.15) is 0 Å². The Bertz CT molecular complexity index is 902. The zero-order valence-corrected chi connectivity index (χ0v) is 18.6. The van der Waals surface area contributed by atoms with Gasteiger partial charge in [-0.1, -0.05) is 41.6 Å². The number of hydrogen-bond donors (Lipinski definition) is 2. The fraction of sp³-hybridized carbons (Fsp3) is 0.609. The zero-order valence-electron chi connectivity index (χ0n) is 17.8. The number of aryl methyl sites for hydroxylation is 1. The van der Waals surface area contributed by atoms with Gasteiger partial charge in [-0.15, -0.1) is 10.2 Å². The summed E-state index contributed by atoms with van der Waals surface area (Å²) in [5.74, 6) is 9.85. The maximum atomic E-state index is 12.7. The van der Waals surface area contributed by atoms with Gasteiger partial charge < -0.3 is 11.2 Å². The number of carbonyl (C=O) groups excluding carboxylic acids is 1. The highest BCUT2D eigenvalue weighted by molar-refractivity contribution is 7.99. The van der Waals surface area contributed by atoms with Crippen LogP contribution in [-0.4, -0.2) is 32.6 Å². The average molecular weight is 426 g/mol. The number of nitrogen functional groups attached to an aromatic ring is 1. The van der Waals surface area contributed by atoms with E-state index in [4.69, 9.17) is 5.84 Å². The Morgan fingerprint density at radius 2 is 1.77 bits per heavy atom. The van der Waals surface area contributed by atoms with E-state index in [-0.39, 0.29) is 11.9 Å². The normalized spacial score (nSPS) is 30.4. The molecule has 6 nitrogen and oxygen atoms in total. The summed E-state index contributed by atoms with van der Waals surface area (Å²) in [6.07, 6.45) is 8.15. The minimum Gasteiger partial charge on any atom is -0.352 e. The first-order chi connectivity index (χ1) is 14.4. The molecule has 160 valence electrons. The second kappa shape index (κ2) is 7.59. The molecule has 1 aromatic carbocycles. The van der Waals surface area contributed by atoms with E-state index in [1.165, 1.54) is 60.5 Å². The van der Waals surface area contributed by atoms with Crippen LogP contribution in [0.25, 0.3) is 11.4 Å². The molecule has 1 aromatic heterocycles. The molecule has 1 amide bonds. The molecule has 6 rings (SSSR count). The van der Waals surface area contributed by atoms with E-state index < -0.39 is 0 Å². The van der Waals surface area contributed by atoms with Gasteiger partial charge in [0.1, 0.15) is 0 Å². The standard InChI is InChI=1S/C23H31N5OS/c1-14-3-5-19(6-4-14)21-26-27-22(28(21)24)30-13-20(29)25-15(2)23-10-16-7-17(11-23)9-18(8-16)12-23/h3-6,15-18H,7-13,24H2,1-2H3,(H,25,29)/t15-,16?,17?,18?,23?/m0/s1. The van der Waals surface area contributed by atoms with Crippen molar-refractivity contribution in [3.63, 3.8) is 0 Å². The van der Waals surface area contributed by atoms with Crippen LogP contribution >= 0.6 is 11.8 Å². The van der Waals surface area contributed by atoms with Crippen molar-refractivity contribution in [3.05, 3.63) is 29.8 Å². The summed E-state index contributed by atoms with van der Waals surface area (Å²) >= 11 is 1.35. The predicted octanol–water partition coefficient (Wildman–Crippen LogP) is 3.78. The Hall–Kier alpha value is -2.02. The largest absolute Gasteiger partial charge is 0.352 e. The van der Waals surface area contributed by atoms with Crippen LogP contribution in [0.4, 0.5) is 0 Å². The third-order valence-electron chi connectivity index (χ3n) is 7.69. The van der Waals surface area contributed by atoms with Crippen molar-refractivity contribution in [2.45, 2.75) is 63.6 Å². The zero-order chi connectivity index (χ0) is 20.9. The molecule has 4 saturated carbocycles. The van der Waals surface area contributed by atoms with E-state index >= 15 is 0 Å². The first kappa shape index (κ1) is 19.9. The van der Waals surface area contributed by atoms with Gasteiger partial charge in [0.25, 0.3) is 0 Å². The highest BCUT2D eigenvalue weighted by Crippen LogP contribution is 2.61. The molecule has 4 fully saturated rings. The number of nitrogens with one attached hydrogen (secondary N) is 1. The van der Waals surface area contributed by atoms with E-state index in [1.807, 2.05) is 31.2 Å². The summed E-state index contributed by atoms with van der Waals surface area (Å²) in [6.45, 7) is 4.26. The van der Waals surface area contributed by atoms with Crippen LogP contribution < -0.4 is 11.2 Å². The quantitative estimate of drug-likeness (QED) is 0.543. The Kier molecular flexibility index (Phi) is 5.04. The number of nitrogens with two attached hydrogens (primary N) is 1. The fourth-order valence-electron chi connectivity index (χ4n) is 6.55. The summed E-state index contributed by atoms with van der Waals surface area (Å²) in [5, 5.41) is 12.3. The summed E-state index contributed by atoms with van der Waals surface area (Å²) in [4.78, 5) is 12.7. The average Bonchev–Trinajstić information content (AvgIpc) is 3.06. The summed E-state index contributed by atoms with van der Waals surface area (Å²) < 4.78 is 1.48. The van der Waals surface area contributed by atoms with E-state index in [2.05, 4.69) is 22.4 Å². The fourth-order valence-corrected chi connectivity index (χ4v) is 7.22. The van der Waals surface area contributed by atoms with E-state index in [0.29, 0.717) is 22.1 Å². The Morgan fingerprint density at radius 1 is 1.17 bits per heavy atom. The highest BCUT2D eigenvalue weighted by atomic mass is 32.2. The topological polar surface area (TPSA) is 85.8 Å². The Labute approximate surface area is 182 Å². The maximum Gasteiger partial charge on any atom is 0.230 e. The van der Waals surface area contributed by atoms with Crippen LogP contribution in [0.15, 0.2) is 29.4 Å². The van der Waals surface area contributed by atoms with Crippen LogP contribution in [0.1, 0.15) is 51.0 Å². The molecule has 0 aliphatic heterocycles. The molecule has 0 saturated heterocycles. The minimum atomic E-state index is 0.0585. The van der Waals surface area contributed by atoms with Crippen molar-refractivity contribution >= 4 is 17.7 Å². The molecule has 0 spiro atoms. The highest BCUT2D eigenvalue weighted by Gasteiger charge is 2.53. The third-order valence-corrected chi connectivity index (χ3v) is 8.63. The van der Waals surface area contributed by atoms with Gasteiger partial charge in [-0.05, 0) is 75.5 Å². The predicted molar refractivity (Wildman–Crippen MR) is 119 cm³/mol. The van der Waals surface area contributed by atoms with Crippen LogP contribution in [0.5, 0.6) is 0 Å². The number of thioether (sulfide) groups is 1. The molecule has 2 aromatic rings. The van der Waals surface area contributed by atoms with Crippen molar-refractivity contribution in [2.24, 2.45) is 23.2 Å². The molecule has 30 heavy (non-hydrogen) atoms. The summed E-state index contributed by atoms with van der Waals surface area (Å²) in [7, 11) is 0. The molecular formula is C23H31N5OS.